The third-order valence-corrected chi connectivity index (χ3v) is 4.08. The Morgan fingerprint density at radius 3 is 2.61 bits per heavy atom. The molecule has 0 aromatic heterocycles. The van der Waals surface area contributed by atoms with Crippen molar-refractivity contribution < 1.29 is 9.59 Å². The summed E-state index contributed by atoms with van der Waals surface area (Å²) in [5.41, 5.74) is 1.07. The van der Waals surface area contributed by atoms with E-state index in [9.17, 15) is 9.59 Å². The Bertz CT molecular complexity index is 545. The molecule has 2 N–H and O–H groups in total. The molecular formula is C16H23ClN4O2. The summed E-state index contributed by atoms with van der Waals surface area (Å²) in [7, 11) is 1.79. The molecule has 0 atom stereocenters. The van der Waals surface area contributed by atoms with Crippen LogP contribution in [0.2, 0.25) is 5.02 Å². The van der Waals surface area contributed by atoms with Gasteiger partial charge in [0.1, 0.15) is 0 Å². The Morgan fingerprint density at radius 2 is 1.96 bits per heavy atom. The molecule has 126 valence electrons. The molecule has 1 aliphatic heterocycles. The van der Waals surface area contributed by atoms with Crippen molar-refractivity contribution in [2.45, 2.75) is 6.42 Å². The zero-order valence-electron chi connectivity index (χ0n) is 13.3. The molecule has 1 aromatic rings. The molecule has 6 nitrogen and oxygen atoms in total. The predicted molar refractivity (Wildman–Crippen MR) is 91.8 cm³/mol. The number of halogens is 1. The number of anilines is 1. The highest BCUT2D eigenvalue weighted by Crippen LogP contribution is 2.20. The number of benzene rings is 1. The molecule has 1 saturated heterocycles. The fourth-order valence-electron chi connectivity index (χ4n) is 2.50. The van der Waals surface area contributed by atoms with Crippen LogP contribution in [0.3, 0.4) is 0 Å². The van der Waals surface area contributed by atoms with Crippen molar-refractivity contribution in [1.29, 1.82) is 0 Å². The third-order valence-electron chi connectivity index (χ3n) is 3.84. The minimum atomic E-state index is -0.106. The lowest BCUT2D eigenvalue weighted by molar-refractivity contribution is -0.133. The monoisotopic (exact) mass is 338 g/mol. The lowest BCUT2D eigenvalue weighted by Gasteiger charge is -2.36. The van der Waals surface area contributed by atoms with Crippen LogP contribution in [0.25, 0.3) is 0 Å². The maximum Gasteiger partial charge on any atom is 0.242 e. The number of nitrogens with one attached hydrogen (secondary N) is 2. The molecule has 0 spiro atoms. The summed E-state index contributed by atoms with van der Waals surface area (Å²) in [6.45, 7) is 3.51. The molecule has 0 radical (unpaired) electrons. The summed E-state index contributed by atoms with van der Waals surface area (Å²) < 4.78 is 0. The molecule has 23 heavy (non-hydrogen) atoms. The van der Waals surface area contributed by atoms with Gasteiger partial charge in [0.15, 0.2) is 0 Å². The topological polar surface area (TPSA) is 64.7 Å². The lowest BCUT2D eigenvalue weighted by atomic mass is 10.2. The number of amides is 2. The van der Waals surface area contributed by atoms with Crippen LogP contribution in [0.5, 0.6) is 0 Å². The van der Waals surface area contributed by atoms with E-state index in [1.807, 2.05) is 24.3 Å². The third kappa shape index (κ3) is 5.41. The van der Waals surface area contributed by atoms with Crippen LogP contribution >= 0.6 is 11.6 Å². The fraction of sp³-hybridized carbons (Fsp3) is 0.500. The average molecular weight is 339 g/mol. The fourth-order valence-corrected chi connectivity index (χ4v) is 2.68. The van der Waals surface area contributed by atoms with Crippen molar-refractivity contribution in [1.82, 2.24) is 15.5 Å². The summed E-state index contributed by atoms with van der Waals surface area (Å²) in [6.07, 6.45) is 0.381. The second-order valence-corrected chi connectivity index (χ2v) is 5.91. The molecule has 0 unspecified atom stereocenters. The van der Waals surface area contributed by atoms with E-state index in [4.69, 9.17) is 11.6 Å². The predicted octanol–water partition coefficient (Wildman–Crippen LogP) is 0.714. The van der Waals surface area contributed by atoms with Gasteiger partial charge < -0.3 is 20.4 Å². The second-order valence-electron chi connectivity index (χ2n) is 5.48. The standard InChI is InChI=1S/C16H23ClN4O2/c1-18-6-5-15(22)19-12-16(23)21-9-7-20(8-10-21)14-4-2-3-13(17)11-14/h2-4,11,18H,5-10,12H2,1H3,(H,19,22). The molecule has 1 heterocycles. The minimum Gasteiger partial charge on any atom is -0.368 e. The number of nitrogens with zero attached hydrogens (tertiary/aromatic N) is 2. The maximum absolute atomic E-state index is 12.1. The summed E-state index contributed by atoms with van der Waals surface area (Å²) >= 11 is 6.01. The van der Waals surface area contributed by atoms with Gasteiger partial charge in [0.25, 0.3) is 0 Å². The zero-order chi connectivity index (χ0) is 16.7. The van der Waals surface area contributed by atoms with Gasteiger partial charge >= 0.3 is 0 Å². The number of carbonyl (C=O) groups is 2. The maximum atomic E-state index is 12.1. The van der Waals surface area contributed by atoms with E-state index < -0.39 is 0 Å². The van der Waals surface area contributed by atoms with Crippen LogP contribution in [0.4, 0.5) is 5.69 Å². The molecule has 1 aliphatic rings. The first-order valence-electron chi connectivity index (χ1n) is 7.79. The van der Waals surface area contributed by atoms with Gasteiger partial charge in [-0.25, -0.2) is 0 Å². The van der Waals surface area contributed by atoms with Gasteiger partial charge in [-0.2, -0.15) is 0 Å². The van der Waals surface area contributed by atoms with Crippen LogP contribution in [0, 0.1) is 0 Å². The first-order valence-corrected chi connectivity index (χ1v) is 8.17. The summed E-state index contributed by atoms with van der Waals surface area (Å²) in [5.74, 6) is -0.140. The molecule has 0 bridgehead atoms. The largest absolute Gasteiger partial charge is 0.368 e. The van der Waals surface area contributed by atoms with Gasteiger partial charge in [-0.05, 0) is 25.2 Å². The number of hydrogen-bond acceptors (Lipinski definition) is 4. The summed E-state index contributed by atoms with van der Waals surface area (Å²) in [6, 6.07) is 7.73. The first-order chi connectivity index (χ1) is 11.1. The highest BCUT2D eigenvalue weighted by atomic mass is 35.5. The van der Waals surface area contributed by atoms with Crippen molar-refractivity contribution in [2.75, 3.05) is 51.2 Å². The van der Waals surface area contributed by atoms with Gasteiger partial charge in [-0.1, -0.05) is 17.7 Å². The number of carbonyl (C=O) groups excluding carboxylic acids is 2. The van der Waals surface area contributed by atoms with E-state index in [1.54, 1.807) is 11.9 Å². The smallest absolute Gasteiger partial charge is 0.242 e. The molecule has 0 saturated carbocycles. The molecule has 1 fully saturated rings. The minimum absolute atomic E-state index is 0.0337. The highest BCUT2D eigenvalue weighted by molar-refractivity contribution is 6.30. The van der Waals surface area contributed by atoms with E-state index in [0.717, 1.165) is 18.8 Å². The van der Waals surface area contributed by atoms with E-state index in [-0.39, 0.29) is 18.4 Å². The lowest BCUT2D eigenvalue weighted by Crippen LogP contribution is -2.51. The zero-order valence-corrected chi connectivity index (χ0v) is 14.1. The normalized spacial score (nSPS) is 14.7. The van der Waals surface area contributed by atoms with Gasteiger partial charge in [-0.15, -0.1) is 0 Å². The van der Waals surface area contributed by atoms with Crippen molar-refractivity contribution in [3.63, 3.8) is 0 Å². The van der Waals surface area contributed by atoms with Crippen molar-refractivity contribution in [2.24, 2.45) is 0 Å². The van der Waals surface area contributed by atoms with Crippen molar-refractivity contribution in [3.05, 3.63) is 29.3 Å². The van der Waals surface area contributed by atoms with Crippen LogP contribution < -0.4 is 15.5 Å². The number of piperazine rings is 1. The SMILES string of the molecule is CNCCC(=O)NCC(=O)N1CCN(c2cccc(Cl)c2)CC1. The molecule has 2 amide bonds. The quantitative estimate of drug-likeness (QED) is 0.802. The molecule has 2 rings (SSSR count). The highest BCUT2D eigenvalue weighted by Gasteiger charge is 2.21. The second kappa shape index (κ2) is 8.74. The summed E-state index contributed by atoms with van der Waals surface area (Å²) in [5, 5.41) is 6.28. The van der Waals surface area contributed by atoms with E-state index in [1.165, 1.54) is 0 Å². The Morgan fingerprint density at radius 1 is 1.22 bits per heavy atom. The van der Waals surface area contributed by atoms with Crippen LogP contribution in [-0.4, -0.2) is 63.0 Å². The first kappa shape index (κ1) is 17.6. The van der Waals surface area contributed by atoms with E-state index in [2.05, 4.69) is 15.5 Å². The van der Waals surface area contributed by atoms with Crippen molar-refractivity contribution >= 4 is 29.1 Å². The molecule has 0 aliphatic carbocycles. The average Bonchev–Trinajstić information content (AvgIpc) is 2.58. The van der Waals surface area contributed by atoms with E-state index >= 15 is 0 Å². The number of rotatable bonds is 6. The van der Waals surface area contributed by atoms with Crippen LogP contribution in [0.1, 0.15) is 6.42 Å². The molecular weight excluding hydrogens is 316 g/mol. The Kier molecular flexibility index (Phi) is 6.67. The van der Waals surface area contributed by atoms with Crippen LogP contribution in [0.15, 0.2) is 24.3 Å². The van der Waals surface area contributed by atoms with E-state index in [0.29, 0.717) is 31.1 Å². The van der Waals surface area contributed by atoms with Crippen LogP contribution in [-0.2, 0) is 9.59 Å². The Labute approximate surface area is 141 Å². The number of hydrogen-bond donors (Lipinski definition) is 2. The van der Waals surface area contributed by atoms with Gasteiger partial charge in [-0.3, -0.25) is 9.59 Å². The van der Waals surface area contributed by atoms with Gasteiger partial charge in [0.05, 0.1) is 6.54 Å². The van der Waals surface area contributed by atoms with Crippen molar-refractivity contribution in [3.8, 4) is 0 Å². The molecule has 7 heteroatoms. The van der Waals surface area contributed by atoms with Gasteiger partial charge in [0.2, 0.25) is 11.8 Å². The Balaban J connectivity index is 1.75. The summed E-state index contributed by atoms with van der Waals surface area (Å²) in [4.78, 5) is 27.6. The van der Waals surface area contributed by atoms with Gasteiger partial charge in [0, 0.05) is 49.9 Å². The molecule has 1 aromatic carbocycles. The Hall–Kier alpha value is -1.79.